The molecule has 1 fully saturated rings. The number of likely N-dealkylation sites (tertiary alicyclic amines) is 1. The Morgan fingerprint density at radius 1 is 1.14 bits per heavy atom. The first-order valence-corrected chi connectivity index (χ1v) is 14.9. The van der Waals surface area contributed by atoms with Crippen LogP contribution in [0.3, 0.4) is 0 Å². The number of halogens is 2. The molecule has 6 rings (SSSR count). The Morgan fingerprint density at radius 2 is 1.93 bits per heavy atom. The molecule has 0 bridgehead atoms. The zero-order valence-corrected chi connectivity index (χ0v) is 25.3. The highest BCUT2D eigenvalue weighted by Crippen LogP contribution is 2.49. The van der Waals surface area contributed by atoms with Crippen molar-refractivity contribution >= 4 is 23.6 Å². The second-order valence-corrected chi connectivity index (χ2v) is 11.6. The molecule has 3 aromatic carbocycles. The van der Waals surface area contributed by atoms with E-state index in [1.807, 2.05) is 41.0 Å². The van der Waals surface area contributed by atoms with Crippen LogP contribution in [0.1, 0.15) is 53.9 Å². The van der Waals surface area contributed by atoms with Crippen molar-refractivity contribution in [1.82, 2.24) is 14.5 Å². The molecular weight excluding hydrogens is 585 g/mol. The van der Waals surface area contributed by atoms with Gasteiger partial charge in [-0.15, -0.1) is 0 Å². The number of aliphatic carboxylic acids is 1. The summed E-state index contributed by atoms with van der Waals surface area (Å²) in [5.41, 5.74) is 3.09. The van der Waals surface area contributed by atoms with Gasteiger partial charge in [-0.1, -0.05) is 35.9 Å². The summed E-state index contributed by atoms with van der Waals surface area (Å²) >= 11 is 5.97. The molecule has 0 radical (unpaired) electrons. The number of methoxy groups -OCH3 is 1. The average Bonchev–Trinajstić information content (AvgIpc) is 3.56. The van der Waals surface area contributed by atoms with E-state index >= 15 is 0 Å². The number of ether oxygens (including phenoxy) is 3. The maximum atomic E-state index is 14.8. The van der Waals surface area contributed by atoms with E-state index in [1.165, 1.54) is 6.07 Å². The minimum Gasteiger partial charge on any atom is -0.497 e. The molecule has 1 unspecified atom stereocenters. The summed E-state index contributed by atoms with van der Waals surface area (Å²) < 4.78 is 34.8. The number of aromatic nitrogens is 2. The Hall–Kier alpha value is -4.34. The van der Waals surface area contributed by atoms with E-state index in [1.54, 1.807) is 38.4 Å². The lowest BCUT2D eigenvalue weighted by Gasteiger charge is -2.32. The van der Waals surface area contributed by atoms with Gasteiger partial charge in [-0.2, -0.15) is 0 Å². The van der Waals surface area contributed by atoms with Crippen LogP contribution in [0.4, 0.5) is 4.39 Å². The van der Waals surface area contributed by atoms with Gasteiger partial charge in [0.1, 0.15) is 17.4 Å². The standard InChI is InChI=1S/C34H33ClFN3O5/c1-34(28-11-9-24(35)18-29(28)36)43-30-8-4-7-27(33(30)44-34)23-13-15-38(16-14-23)21-31-37-19-25(10-12-32(40)41)39(31)20-22-5-3-6-26(17-22)42-2/h3-12,17-19,23H,13-16,20-21H2,1-2H3,(H,40,41)/b12-10+. The monoisotopic (exact) mass is 617 g/mol. The molecule has 0 spiro atoms. The highest BCUT2D eigenvalue weighted by atomic mass is 35.5. The molecule has 228 valence electrons. The van der Waals surface area contributed by atoms with Crippen LogP contribution in [-0.2, 0) is 23.7 Å². The maximum Gasteiger partial charge on any atom is 0.328 e. The first kappa shape index (κ1) is 29.7. The quantitative estimate of drug-likeness (QED) is 0.206. The number of rotatable bonds is 9. The van der Waals surface area contributed by atoms with Gasteiger partial charge >= 0.3 is 5.97 Å². The van der Waals surface area contributed by atoms with Crippen LogP contribution in [0.15, 0.2) is 72.9 Å². The highest BCUT2D eigenvalue weighted by Gasteiger charge is 2.43. The van der Waals surface area contributed by atoms with Crippen LogP contribution in [0.25, 0.3) is 6.08 Å². The van der Waals surface area contributed by atoms with Gasteiger partial charge in [0.15, 0.2) is 11.5 Å². The van der Waals surface area contributed by atoms with E-state index in [-0.39, 0.29) is 5.92 Å². The smallest absolute Gasteiger partial charge is 0.328 e. The average molecular weight is 618 g/mol. The Kier molecular flexibility index (Phi) is 8.33. The molecule has 1 aromatic heterocycles. The molecule has 44 heavy (non-hydrogen) atoms. The van der Waals surface area contributed by atoms with Crippen molar-refractivity contribution in [2.24, 2.45) is 0 Å². The molecule has 2 aliphatic rings. The molecular formula is C34H33ClFN3O5. The first-order chi connectivity index (χ1) is 21.2. The van der Waals surface area contributed by atoms with Gasteiger partial charge < -0.3 is 23.9 Å². The van der Waals surface area contributed by atoms with E-state index in [2.05, 4.69) is 16.0 Å². The minimum atomic E-state index is -1.29. The van der Waals surface area contributed by atoms with E-state index in [9.17, 15) is 14.3 Å². The summed E-state index contributed by atoms with van der Waals surface area (Å²) in [4.78, 5) is 18.3. The van der Waals surface area contributed by atoms with E-state index in [0.29, 0.717) is 35.2 Å². The fourth-order valence-corrected chi connectivity index (χ4v) is 6.18. The molecule has 1 N–H and O–H groups in total. The van der Waals surface area contributed by atoms with Crippen molar-refractivity contribution in [1.29, 1.82) is 0 Å². The third-order valence-electron chi connectivity index (χ3n) is 8.26. The third kappa shape index (κ3) is 6.16. The number of nitrogens with zero attached hydrogens (tertiary/aromatic N) is 3. The van der Waals surface area contributed by atoms with Gasteiger partial charge in [-0.25, -0.2) is 14.2 Å². The summed E-state index contributed by atoms with van der Waals surface area (Å²) in [7, 11) is 1.63. The van der Waals surface area contributed by atoms with E-state index in [0.717, 1.165) is 60.4 Å². The maximum absolute atomic E-state index is 14.8. The zero-order chi connectivity index (χ0) is 30.8. The normalized spacial score (nSPS) is 18.6. The van der Waals surface area contributed by atoms with Crippen molar-refractivity contribution in [3.8, 4) is 17.2 Å². The van der Waals surface area contributed by atoms with E-state index < -0.39 is 17.6 Å². The number of carbonyl (C=O) groups is 1. The van der Waals surface area contributed by atoms with Crippen molar-refractivity contribution < 1.29 is 28.5 Å². The van der Waals surface area contributed by atoms with Crippen LogP contribution >= 0.6 is 11.6 Å². The van der Waals surface area contributed by atoms with Crippen molar-refractivity contribution in [3.05, 3.63) is 112 Å². The number of imidazole rings is 1. The zero-order valence-electron chi connectivity index (χ0n) is 24.5. The Balaban J connectivity index is 1.17. The topological polar surface area (TPSA) is 86.0 Å². The number of para-hydroxylation sites is 1. The molecule has 3 heterocycles. The fraction of sp³-hybridized carbons (Fsp3) is 0.294. The number of benzene rings is 3. The fourth-order valence-electron chi connectivity index (χ4n) is 6.02. The number of piperidine rings is 1. The Morgan fingerprint density at radius 3 is 2.68 bits per heavy atom. The summed E-state index contributed by atoms with van der Waals surface area (Å²) in [5.74, 6) is 0.337. The van der Waals surface area contributed by atoms with Crippen LogP contribution in [0, 0.1) is 5.82 Å². The second kappa shape index (κ2) is 12.3. The largest absolute Gasteiger partial charge is 0.497 e. The molecule has 1 atom stereocenters. The highest BCUT2D eigenvalue weighted by molar-refractivity contribution is 6.30. The molecule has 0 amide bonds. The number of hydrogen-bond donors (Lipinski definition) is 1. The van der Waals surface area contributed by atoms with Gasteiger partial charge in [0.25, 0.3) is 5.79 Å². The van der Waals surface area contributed by atoms with Crippen LogP contribution < -0.4 is 14.2 Å². The Bertz CT molecular complexity index is 1710. The molecule has 4 aromatic rings. The molecule has 8 nitrogen and oxygen atoms in total. The lowest BCUT2D eigenvalue weighted by Crippen LogP contribution is -2.34. The number of fused-ring (bicyclic) bond motifs is 1. The summed E-state index contributed by atoms with van der Waals surface area (Å²) in [6, 6.07) is 18.2. The number of hydrogen-bond acceptors (Lipinski definition) is 6. The minimum absolute atomic E-state index is 0.243. The second-order valence-electron chi connectivity index (χ2n) is 11.2. The van der Waals surface area contributed by atoms with Crippen LogP contribution in [0.2, 0.25) is 5.02 Å². The molecule has 0 saturated carbocycles. The van der Waals surface area contributed by atoms with Gasteiger partial charge in [0, 0.05) is 30.1 Å². The SMILES string of the molecule is COc1cccc(Cn2c(/C=C/C(=O)O)cnc2CN2CCC(c3cccc4c3OC(C)(c3ccc(Cl)cc3F)O4)CC2)c1. The van der Waals surface area contributed by atoms with Crippen molar-refractivity contribution in [2.45, 2.75) is 44.6 Å². The molecule has 1 saturated heterocycles. The van der Waals surface area contributed by atoms with Crippen LogP contribution in [0.5, 0.6) is 17.2 Å². The summed E-state index contributed by atoms with van der Waals surface area (Å²) in [6.07, 6.45) is 6.22. The first-order valence-electron chi connectivity index (χ1n) is 14.5. The van der Waals surface area contributed by atoms with Crippen molar-refractivity contribution in [3.63, 3.8) is 0 Å². The lowest BCUT2D eigenvalue weighted by atomic mass is 9.88. The predicted octanol–water partition coefficient (Wildman–Crippen LogP) is 6.85. The van der Waals surface area contributed by atoms with Gasteiger partial charge in [-0.05, 0) is 79.9 Å². The van der Waals surface area contributed by atoms with Crippen LogP contribution in [-0.4, -0.2) is 45.7 Å². The summed E-state index contributed by atoms with van der Waals surface area (Å²) in [5, 5.41) is 9.51. The predicted molar refractivity (Wildman–Crippen MR) is 165 cm³/mol. The Labute approximate surface area is 260 Å². The molecule has 2 aliphatic heterocycles. The van der Waals surface area contributed by atoms with E-state index in [4.69, 9.17) is 25.8 Å². The number of carboxylic acid groups (broad SMARTS) is 1. The lowest BCUT2D eigenvalue weighted by molar-refractivity contribution is -0.131. The summed E-state index contributed by atoms with van der Waals surface area (Å²) in [6.45, 7) is 4.55. The van der Waals surface area contributed by atoms with Crippen molar-refractivity contribution in [2.75, 3.05) is 20.2 Å². The van der Waals surface area contributed by atoms with Gasteiger partial charge in [0.05, 0.1) is 31.1 Å². The van der Waals surface area contributed by atoms with Gasteiger partial charge in [-0.3, -0.25) is 4.90 Å². The van der Waals surface area contributed by atoms with Gasteiger partial charge in [0.2, 0.25) is 0 Å². The molecule has 10 heteroatoms. The molecule has 0 aliphatic carbocycles. The number of carboxylic acids is 1. The third-order valence-corrected chi connectivity index (χ3v) is 8.50.